The molecule has 0 fully saturated rings. The summed E-state index contributed by atoms with van der Waals surface area (Å²) in [6.45, 7) is 4.72. The quantitative estimate of drug-likeness (QED) is 0.729. The third-order valence-corrected chi connectivity index (χ3v) is 4.24. The molecule has 4 heteroatoms. The summed E-state index contributed by atoms with van der Waals surface area (Å²) in [4.78, 5) is 15.2. The SMILES string of the molecule is Cc1ccc(OCC(=O)NCCc2c[nH]c3ccccc23)cc1C. The van der Waals surface area contributed by atoms with E-state index in [-0.39, 0.29) is 12.5 Å². The van der Waals surface area contributed by atoms with Crippen molar-refractivity contribution in [2.75, 3.05) is 13.2 Å². The molecule has 4 nitrogen and oxygen atoms in total. The number of para-hydroxylation sites is 1. The number of amides is 1. The molecule has 0 aliphatic heterocycles. The number of rotatable bonds is 6. The monoisotopic (exact) mass is 322 g/mol. The van der Waals surface area contributed by atoms with Crippen LogP contribution in [0.4, 0.5) is 0 Å². The Labute approximate surface area is 141 Å². The van der Waals surface area contributed by atoms with E-state index in [1.54, 1.807) is 0 Å². The second kappa shape index (κ2) is 7.21. The zero-order valence-electron chi connectivity index (χ0n) is 14.1. The molecule has 0 radical (unpaired) electrons. The summed E-state index contributed by atoms with van der Waals surface area (Å²) in [5.74, 6) is 0.623. The van der Waals surface area contributed by atoms with E-state index in [2.05, 4.69) is 29.4 Å². The minimum absolute atomic E-state index is 0.0381. The van der Waals surface area contributed by atoms with Gasteiger partial charge in [0.15, 0.2) is 6.61 Å². The molecule has 0 saturated carbocycles. The first-order chi connectivity index (χ1) is 11.6. The molecule has 0 aliphatic carbocycles. The molecule has 1 amide bonds. The molecule has 0 atom stereocenters. The van der Waals surface area contributed by atoms with Crippen molar-refractivity contribution in [3.8, 4) is 5.75 Å². The molecule has 124 valence electrons. The number of aromatic amines is 1. The van der Waals surface area contributed by atoms with Crippen LogP contribution < -0.4 is 10.1 Å². The molecule has 2 N–H and O–H groups in total. The topological polar surface area (TPSA) is 54.1 Å². The Morgan fingerprint density at radius 2 is 1.96 bits per heavy atom. The van der Waals surface area contributed by atoms with E-state index >= 15 is 0 Å². The second-order valence-electron chi connectivity index (χ2n) is 5.99. The molecule has 3 aromatic rings. The fourth-order valence-electron chi connectivity index (χ4n) is 2.68. The maximum Gasteiger partial charge on any atom is 0.257 e. The zero-order chi connectivity index (χ0) is 16.9. The van der Waals surface area contributed by atoms with Crippen LogP contribution in [0.5, 0.6) is 5.75 Å². The van der Waals surface area contributed by atoms with Gasteiger partial charge in [-0.2, -0.15) is 0 Å². The summed E-state index contributed by atoms with van der Waals surface area (Å²) >= 11 is 0. The highest BCUT2D eigenvalue weighted by molar-refractivity contribution is 5.83. The Morgan fingerprint density at radius 3 is 2.79 bits per heavy atom. The van der Waals surface area contributed by atoms with Gasteiger partial charge in [0, 0.05) is 23.6 Å². The molecule has 0 spiro atoms. The third kappa shape index (κ3) is 3.77. The summed E-state index contributed by atoms with van der Waals surface area (Å²) in [6, 6.07) is 14.0. The molecular formula is C20H22N2O2. The van der Waals surface area contributed by atoms with Crippen molar-refractivity contribution in [2.24, 2.45) is 0 Å². The first kappa shape index (κ1) is 16.1. The summed E-state index contributed by atoms with van der Waals surface area (Å²) in [7, 11) is 0. The molecule has 0 saturated heterocycles. The van der Waals surface area contributed by atoms with Gasteiger partial charge in [-0.3, -0.25) is 4.79 Å². The maximum absolute atomic E-state index is 11.9. The lowest BCUT2D eigenvalue weighted by atomic mass is 10.1. The molecule has 24 heavy (non-hydrogen) atoms. The van der Waals surface area contributed by atoms with Gasteiger partial charge in [-0.1, -0.05) is 24.3 Å². The average molecular weight is 322 g/mol. The van der Waals surface area contributed by atoms with Crippen LogP contribution in [0.25, 0.3) is 10.9 Å². The molecule has 0 unspecified atom stereocenters. The molecular weight excluding hydrogens is 300 g/mol. The minimum Gasteiger partial charge on any atom is -0.484 e. The molecule has 1 heterocycles. The van der Waals surface area contributed by atoms with E-state index in [4.69, 9.17) is 4.74 Å². The maximum atomic E-state index is 11.9. The standard InChI is InChI=1S/C20H22N2O2/c1-14-7-8-17(11-15(14)2)24-13-20(23)21-10-9-16-12-22-19-6-4-3-5-18(16)19/h3-8,11-12,22H,9-10,13H2,1-2H3,(H,21,23). The molecule has 3 rings (SSSR count). The molecule has 1 aromatic heterocycles. The largest absolute Gasteiger partial charge is 0.484 e. The zero-order valence-corrected chi connectivity index (χ0v) is 14.1. The predicted molar refractivity (Wildman–Crippen MR) is 96.4 cm³/mol. The lowest BCUT2D eigenvalue weighted by molar-refractivity contribution is -0.123. The smallest absolute Gasteiger partial charge is 0.257 e. The van der Waals surface area contributed by atoms with Gasteiger partial charge in [0.1, 0.15) is 5.75 Å². The fourth-order valence-corrected chi connectivity index (χ4v) is 2.68. The number of ether oxygens (including phenoxy) is 1. The van der Waals surface area contributed by atoms with Crippen molar-refractivity contribution in [2.45, 2.75) is 20.3 Å². The number of aryl methyl sites for hydroxylation is 2. The highest BCUT2D eigenvalue weighted by atomic mass is 16.5. The highest BCUT2D eigenvalue weighted by Gasteiger charge is 2.06. The van der Waals surface area contributed by atoms with Crippen molar-refractivity contribution in [3.05, 3.63) is 65.4 Å². The Kier molecular flexibility index (Phi) is 4.85. The number of nitrogens with one attached hydrogen (secondary N) is 2. The number of aromatic nitrogens is 1. The van der Waals surface area contributed by atoms with Crippen LogP contribution in [0.15, 0.2) is 48.7 Å². The normalized spacial score (nSPS) is 10.8. The van der Waals surface area contributed by atoms with Gasteiger partial charge in [-0.15, -0.1) is 0 Å². The molecule has 2 aromatic carbocycles. The van der Waals surface area contributed by atoms with Gasteiger partial charge in [-0.05, 0) is 55.2 Å². The van der Waals surface area contributed by atoms with Crippen molar-refractivity contribution in [1.29, 1.82) is 0 Å². The van der Waals surface area contributed by atoms with Crippen LogP contribution in [-0.2, 0) is 11.2 Å². The Balaban J connectivity index is 1.46. The van der Waals surface area contributed by atoms with Gasteiger partial charge in [0.05, 0.1) is 0 Å². The first-order valence-electron chi connectivity index (χ1n) is 8.15. The van der Waals surface area contributed by atoms with Gasteiger partial charge in [0.2, 0.25) is 0 Å². The van der Waals surface area contributed by atoms with E-state index in [1.807, 2.05) is 43.5 Å². The average Bonchev–Trinajstić information content (AvgIpc) is 2.99. The van der Waals surface area contributed by atoms with Gasteiger partial charge in [-0.25, -0.2) is 0 Å². The van der Waals surface area contributed by atoms with E-state index < -0.39 is 0 Å². The summed E-state index contributed by atoms with van der Waals surface area (Å²) in [6.07, 6.45) is 2.79. The number of carbonyl (C=O) groups excluding carboxylic acids is 1. The first-order valence-corrected chi connectivity index (χ1v) is 8.15. The fraction of sp³-hybridized carbons (Fsp3) is 0.250. The third-order valence-electron chi connectivity index (χ3n) is 4.24. The van der Waals surface area contributed by atoms with Gasteiger partial charge >= 0.3 is 0 Å². The van der Waals surface area contributed by atoms with Crippen LogP contribution in [0.2, 0.25) is 0 Å². The van der Waals surface area contributed by atoms with Crippen LogP contribution in [-0.4, -0.2) is 24.0 Å². The number of benzene rings is 2. The van der Waals surface area contributed by atoms with Crippen molar-refractivity contribution >= 4 is 16.8 Å². The van der Waals surface area contributed by atoms with Crippen molar-refractivity contribution in [3.63, 3.8) is 0 Å². The number of hydrogen-bond donors (Lipinski definition) is 2. The predicted octanol–water partition coefficient (Wildman–Crippen LogP) is 3.52. The van der Waals surface area contributed by atoms with E-state index in [1.165, 1.54) is 16.5 Å². The van der Waals surface area contributed by atoms with Crippen LogP contribution >= 0.6 is 0 Å². The second-order valence-corrected chi connectivity index (χ2v) is 5.99. The van der Waals surface area contributed by atoms with Crippen molar-refractivity contribution in [1.82, 2.24) is 10.3 Å². The van der Waals surface area contributed by atoms with Crippen LogP contribution in [0.1, 0.15) is 16.7 Å². The summed E-state index contributed by atoms with van der Waals surface area (Å²) in [5, 5.41) is 4.11. The number of fused-ring (bicyclic) bond motifs is 1. The van der Waals surface area contributed by atoms with E-state index in [0.717, 1.165) is 23.3 Å². The Morgan fingerprint density at radius 1 is 1.12 bits per heavy atom. The number of carbonyl (C=O) groups is 1. The molecule has 0 bridgehead atoms. The van der Waals surface area contributed by atoms with Crippen LogP contribution in [0.3, 0.4) is 0 Å². The molecule has 0 aliphatic rings. The lowest BCUT2D eigenvalue weighted by Gasteiger charge is -2.09. The Bertz CT molecular complexity index is 852. The summed E-state index contributed by atoms with van der Waals surface area (Å²) in [5.41, 5.74) is 4.70. The number of hydrogen-bond acceptors (Lipinski definition) is 2. The minimum atomic E-state index is -0.104. The van der Waals surface area contributed by atoms with Crippen LogP contribution in [0, 0.1) is 13.8 Å². The van der Waals surface area contributed by atoms with E-state index in [0.29, 0.717) is 6.54 Å². The highest BCUT2D eigenvalue weighted by Crippen LogP contribution is 2.18. The van der Waals surface area contributed by atoms with Gasteiger partial charge in [0.25, 0.3) is 5.91 Å². The summed E-state index contributed by atoms with van der Waals surface area (Å²) < 4.78 is 5.54. The van der Waals surface area contributed by atoms with Gasteiger partial charge < -0.3 is 15.0 Å². The van der Waals surface area contributed by atoms with Crippen molar-refractivity contribution < 1.29 is 9.53 Å². The van der Waals surface area contributed by atoms with E-state index in [9.17, 15) is 4.79 Å². The Hall–Kier alpha value is -2.75. The number of H-pyrrole nitrogens is 1. The lowest BCUT2D eigenvalue weighted by Crippen LogP contribution is -2.30.